The molecule has 2 heterocycles. The molecule has 0 bridgehead atoms. The number of piperidine rings is 1. The lowest BCUT2D eigenvalue weighted by Crippen LogP contribution is -2.47. The highest BCUT2D eigenvalue weighted by atomic mass is 19.1. The molecule has 3 rings (SSSR count). The Morgan fingerprint density at radius 1 is 1.16 bits per heavy atom. The number of halogens is 2. The molecule has 0 aliphatic carbocycles. The summed E-state index contributed by atoms with van der Waals surface area (Å²) in [5, 5.41) is 9.11. The van der Waals surface area contributed by atoms with Gasteiger partial charge in [0, 0.05) is 29.8 Å². The Bertz CT molecular complexity index is 1240. The minimum atomic E-state index is -1.11. The molecule has 0 aromatic heterocycles. The molecule has 0 radical (unpaired) electrons. The van der Waals surface area contributed by atoms with E-state index in [0.717, 1.165) is 43.8 Å². The van der Waals surface area contributed by atoms with Gasteiger partial charge in [0.15, 0.2) is 0 Å². The van der Waals surface area contributed by atoms with Gasteiger partial charge in [-0.1, -0.05) is 32.2 Å². The van der Waals surface area contributed by atoms with Gasteiger partial charge in [-0.2, -0.15) is 0 Å². The fourth-order valence-corrected chi connectivity index (χ4v) is 4.96. The maximum absolute atomic E-state index is 14.1. The van der Waals surface area contributed by atoms with Crippen molar-refractivity contribution < 1.29 is 33.0 Å². The first kappa shape index (κ1) is 35.6. The van der Waals surface area contributed by atoms with E-state index >= 15 is 0 Å². The standard InChI is InChI=1S/C28H34F2N2O4.C6H12O/c1-4-5-23(8-6-21(3)27(34)35)32-18-28(19-36-17-26(32)33)11-14-31(15-12-28)13-10-20(2)24-16-22(29)7-9-25(24)30;1-5(2)7-6(3)4/h5-10,16H,3-4,11-15,17-19H2,1-2H3,(H,34,35);6H,1H2,2-4H3/b8-6-,20-10-,23-5+;. The highest BCUT2D eigenvalue weighted by Gasteiger charge is 2.40. The molecule has 2 aliphatic heterocycles. The van der Waals surface area contributed by atoms with Gasteiger partial charge in [-0.15, -0.1) is 0 Å². The molecule has 1 N–H and O–H groups in total. The van der Waals surface area contributed by atoms with Crippen LogP contribution in [0.25, 0.3) is 5.57 Å². The van der Waals surface area contributed by atoms with Crippen LogP contribution in [0.15, 0.2) is 72.7 Å². The number of allylic oxidation sites excluding steroid dienone is 4. The second-order valence-electron chi connectivity index (χ2n) is 11.4. The zero-order valence-corrected chi connectivity index (χ0v) is 26.1. The summed E-state index contributed by atoms with van der Waals surface area (Å²) in [6.07, 6.45) is 9.43. The van der Waals surface area contributed by atoms with E-state index in [4.69, 9.17) is 14.6 Å². The lowest BCUT2D eigenvalue weighted by atomic mass is 9.78. The molecule has 1 aromatic rings. The van der Waals surface area contributed by atoms with E-state index < -0.39 is 17.6 Å². The van der Waals surface area contributed by atoms with Crippen molar-refractivity contribution in [1.29, 1.82) is 0 Å². The van der Waals surface area contributed by atoms with E-state index in [2.05, 4.69) is 18.1 Å². The number of likely N-dealkylation sites (tertiary alicyclic amines) is 1. The zero-order chi connectivity index (χ0) is 32.2. The van der Waals surface area contributed by atoms with Gasteiger partial charge in [0.05, 0.1) is 24.0 Å². The number of hydrogen-bond acceptors (Lipinski definition) is 5. The number of amides is 1. The molecular formula is C34H46F2N2O5. The summed E-state index contributed by atoms with van der Waals surface area (Å²) >= 11 is 0. The molecule has 236 valence electrons. The van der Waals surface area contributed by atoms with Crippen molar-refractivity contribution in [3.63, 3.8) is 0 Å². The van der Waals surface area contributed by atoms with Gasteiger partial charge in [0.2, 0.25) is 0 Å². The van der Waals surface area contributed by atoms with E-state index in [1.165, 1.54) is 12.1 Å². The molecular weight excluding hydrogens is 554 g/mol. The Morgan fingerprint density at radius 3 is 2.40 bits per heavy atom. The smallest absolute Gasteiger partial charge is 0.335 e. The van der Waals surface area contributed by atoms with Gasteiger partial charge < -0.3 is 19.5 Å². The first-order chi connectivity index (χ1) is 20.3. The Morgan fingerprint density at radius 2 is 1.84 bits per heavy atom. The number of carboxylic acids is 1. The Kier molecular flexibility index (Phi) is 14.0. The number of aliphatic carboxylic acids is 1. The summed E-state index contributed by atoms with van der Waals surface area (Å²) in [6, 6.07) is 3.46. The molecule has 1 spiro atoms. The average molecular weight is 601 g/mol. The van der Waals surface area contributed by atoms with Crippen LogP contribution in [-0.4, -0.2) is 72.3 Å². The Hall–Kier alpha value is -3.56. The highest BCUT2D eigenvalue weighted by Crippen LogP contribution is 2.36. The van der Waals surface area contributed by atoms with Crippen LogP contribution in [0.1, 0.15) is 59.4 Å². The molecule has 2 aliphatic rings. The average Bonchev–Trinajstić information content (AvgIpc) is 3.09. The van der Waals surface area contributed by atoms with Crippen molar-refractivity contribution in [3.05, 3.63) is 89.9 Å². The van der Waals surface area contributed by atoms with Crippen LogP contribution in [0.4, 0.5) is 8.78 Å². The van der Waals surface area contributed by atoms with Gasteiger partial charge in [-0.05, 0) is 96.0 Å². The number of carbonyl (C=O) groups is 2. The summed E-state index contributed by atoms with van der Waals surface area (Å²) in [4.78, 5) is 28.0. The number of rotatable bonds is 10. The predicted octanol–water partition coefficient (Wildman–Crippen LogP) is 6.75. The summed E-state index contributed by atoms with van der Waals surface area (Å²) < 4.78 is 38.5. The van der Waals surface area contributed by atoms with Gasteiger partial charge in [-0.25, -0.2) is 13.6 Å². The van der Waals surface area contributed by atoms with Gasteiger partial charge in [-0.3, -0.25) is 9.69 Å². The van der Waals surface area contributed by atoms with Crippen molar-refractivity contribution in [2.45, 2.75) is 60.0 Å². The molecule has 1 aromatic carbocycles. The quantitative estimate of drug-likeness (QED) is 0.182. The maximum atomic E-state index is 14.1. The first-order valence-corrected chi connectivity index (χ1v) is 14.6. The van der Waals surface area contributed by atoms with Crippen molar-refractivity contribution >= 4 is 17.4 Å². The molecule has 43 heavy (non-hydrogen) atoms. The van der Waals surface area contributed by atoms with Crippen LogP contribution in [0.2, 0.25) is 0 Å². The Labute approximate surface area is 254 Å². The molecule has 2 saturated heterocycles. The molecule has 0 unspecified atom stereocenters. The summed E-state index contributed by atoms with van der Waals surface area (Å²) in [5.41, 5.74) is 1.32. The van der Waals surface area contributed by atoms with Crippen molar-refractivity contribution in [3.8, 4) is 0 Å². The number of carboxylic acid groups (broad SMARTS) is 1. The van der Waals surface area contributed by atoms with E-state index in [9.17, 15) is 18.4 Å². The van der Waals surface area contributed by atoms with Crippen LogP contribution in [0.3, 0.4) is 0 Å². The fourth-order valence-electron chi connectivity index (χ4n) is 4.96. The Balaban J connectivity index is 0.000000821. The van der Waals surface area contributed by atoms with Gasteiger partial charge >= 0.3 is 5.97 Å². The highest BCUT2D eigenvalue weighted by molar-refractivity contribution is 5.89. The van der Waals surface area contributed by atoms with Crippen LogP contribution < -0.4 is 0 Å². The molecule has 7 nitrogen and oxygen atoms in total. The molecule has 9 heteroatoms. The third-order valence-corrected chi connectivity index (χ3v) is 7.25. The number of hydrogen-bond donors (Lipinski definition) is 1. The number of benzene rings is 1. The summed E-state index contributed by atoms with van der Waals surface area (Å²) in [7, 11) is 0. The third-order valence-electron chi connectivity index (χ3n) is 7.25. The van der Waals surface area contributed by atoms with E-state index in [1.807, 2.05) is 39.8 Å². The van der Waals surface area contributed by atoms with Crippen LogP contribution >= 0.6 is 0 Å². The molecule has 0 atom stereocenters. The maximum Gasteiger partial charge on any atom is 0.335 e. The second-order valence-corrected chi connectivity index (χ2v) is 11.4. The molecule has 2 fully saturated rings. The number of nitrogens with zero attached hydrogens (tertiary/aromatic N) is 2. The normalized spacial score (nSPS) is 18.0. The summed E-state index contributed by atoms with van der Waals surface area (Å²) in [6.45, 7) is 19.7. The minimum absolute atomic E-state index is 0.0264. The van der Waals surface area contributed by atoms with E-state index in [1.54, 1.807) is 17.9 Å². The lowest BCUT2D eigenvalue weighted by Gasteiger charge is -2.42. The first-order valence-electron chi connectivity index (χ1n) is 14.6. The zero-order valence-electron chi connectivity index (χ0n) is 26.1. The van der Waals surface area contributed by atoms with Crippen molar-refractivity contribution in [1.82, 2.24) is 9.80 Å². The van der Waals surface area contributed by atoms with Crippen molar-refractivity contribution in [2.75, 3.05) is 39.4 Å². The van der Waals surface area contributed by atoms with Crippen LogP contribution in [0.5, 0.6) is 0 Å². The second kappa shape index (κ2) is 16.9. The lowest BCUT2D eigenvalue weighted by molar-refractivity contribution is -0.132. The van der Waals surface area contributed by atoms with Gasteiger partial charge in [0.1, 0.15) is 18.2 Å². The third kappa shape index (κ3) is 11.6. The topological polar surface area (TPSA) is 79.3 Å². The predicted molar refractivity (Wildman–Crippen MR) is 166 cm³/mol. The van der Waals surface area contributed by atoms with Crippen LogP contribution in [0, 0.1) is 17.0 Å². The fraction of sp³-hybridized carbons (Fsp3) is 0.471. The van der Waals surface area contributed by atoms with Crippen molar-refractivity contribution in [2.24, 2.45) is 5.41 Å². The molecule has 1 amide bonds. The molecule has 0 saturated carbocycles. The van der Waals surface area contributed by atoms with E-state index in [-0.39, 0.29) is 35.2 Å². The number of ether oxygens (including phenoxy) is 2. The monoisotopic (exact) mass is 600 g/mol. The van der Waals surface area contributed by atoms with E-state index in [0.29, 0.717) is 37.4 Å². The van der Waals surface area contributed by atoms with Gasteiger partial charge in [0.25, 0.3) is 5.91 Å². The SMILES string of the molecule is C=C(/C=C\C(=C/CC)N1CC2(CCN(C/C=C(/C)c3cc(F)ccc3F)CC2)COCC1=O)C(=O)O.C=C(C)OC(C)C. The largest absolute Gasteiger partial charge is 0.496 e. The minimum Gasteiger partial charge on any atom is -0.496 e. The van der Waals surface area contributed by atoms with Crippen LogP contribution in [-0.2, 0) is 19.1 Å². The summed E-state index contributed by atoms with van der Waals surface area (Å²) in [5.74, 6) is -1.39. The number of carbonyl (C=O) groups excluding carboxylic acids is 1.